The molecule has 0 rings (SSSR count). The molecule has 0 aromatic heterocycles. The second-order valence-corrected chi connectivity index (χ2v) is 6.30. The second-order valence-electron chi connectivity index (χ2n) is 6.30. The monoisotopic (exact) mass is 405 g/mol. The summed E-state index contributed by atoms with van der Waals surface area (Å²) in [6, 6.07) is 0. The van der Waals surface area contributed by atoms with Crippen LogP contribution in [0.5, 0.6) is 0 Å². The molecular weight excluding hydrogens is 368 g/mol. The van der Waals surface area contributed by atoms with Crippen LogP contribution in [0.2, 0.25) is 0 Å². The Morgan fingerprint density at radius 2 is 1.32 bits per heavy atom. The zero-order chi connectivity index (χ0) is 21.3. The summed E-state index contributed by atoms with van der Waals surface area (Å²) < 4.78 is 28.6. The Balaban J connectivity index is 5.27. The van der Waals surface area contributed by atoms with Crippen molar-refractivity contribution in [3.05, 3.63) is 0 Å². The Labute approximate surface area is 168 Å². The molecule has 0 unspecified atom stereocenters. The fraction of sp³-hybridized carbons (Fsp3) is 0.900. The molecule has 0 saturated carbocycles. The van der Waals surface area contributed by atoms with E-state index < -0.39 is 24.2 Å². The smallest absolute Gasteiger partial charge is 0.383 e. The van der Waals surface area contributed by atoms with Crippen LogP contribution in [-0.4, -0.2) is 50.6 Å². The number of unbranched alkanes of at least 4 members (excludes halogenated alkanes) is 3. The average molecular weight is 406 g/mol. The Hall–Kier alpha value is -1.22. The molecule has 0 aromatic rings. The van der Waals surface area contributed by atoms with Crippen LogP contribution in [-0.2, 0) is 33.3 Å². The Morgan fingerprint density at radius 1 is 0.821 bits per heavy atom. The summed E-state index contributed by atoms with van der Waals surface area (Å²) in [6.45, 7) is 8.93. The highest BCUT2D eigenvalue weighted by Gasteiger charge is 2.48. The van der Waals surface area contributed by atoms with Crippen molar-refractivity contribution in [2.24, 2.45) is 0 Å². The van der Waals surface area contributed by atoms with Gasteiger partial charge in [0.25, 0.3) is 6.29 Å². The molecule has 166 valence electrons. The van der Waals surface area contributed by atoms with Gasteiger partial charge in [0.2, 0.25) is 0 Å². The van der Waals surface area contributed by atoms with E-state index in [1.54, 1.807) is 13.8 Å². The Kier molecular flexibility index (Phi) is 16.0. The van der Waals surface area contributed by atoms with Crippen molar-refractivity contribution in [2.45, 2.75) is 91.3 Å². The number of carbonyl (C=O) groups is 2. The van der Waals surface area contributed by atoms with E-state index in [9.17, 15) is 14.7 Å². The number of carbonyl (C=O) groups excluding carboxylic acids is 2. The van der Waals surface area contributed by atoms with Crippen LogP contribution in [0.3, 0.4) is 0 Å². The molecular formula is C20H37O8-. The summed E-state index contributed by atoms with van der Waals surface area (Å²) >= 11 is 0. The van der Waals surface area contributed by atoms with Crippen LogP contribution in [0.25, 0.3) is 0 Å². The van der Waals surface area contributed by atoms with E-state index in [-0.39, 0.29) is 12.8 Å². The first-order valence-electron chi connectivity index (χ1n) is 10.4. The van der Waals surface area contributed by atoms with Gasteiger partial charge in [0.15, 0.2) is 0 Å². The largest absolute Gasteiger partial charge is 0.550 e. The minimum atomic E-state index is -1.79. The topological polar surface area (TPSA) is 103 Å². The van der Waals surface area contributed by atoms with Crippen molar-refractivity contribution in [2.75, 3.05) is 26.4 Å². The van der Waals surface area contributed by atoms with Gasteiger partial charge in [0.05, 0.1) is 13.2 Å². The first-order chi connectivity index (χ1) is 13.5. The van der Waals surface area contributed by atoms with E-state index in [1.165, 1.54) is 0 Å². The third-order valence-electron chi connectivity index (χ3n) is 3.79. The third-order valence-corrected chi connectivity index (χ3v) is 3.79. The van der Waals surface area contributed by atoms with Crippen LogP contribution in [0.4, 0.5) is 0 Å². The van der Waals surface area contributed by atoms with Gasteiger partial charge in [-0.15, -0.1) is 0 Å². The summed E-state index contributed by atoms with van der Waals surface area (Å²) in [7, 11) is 0. The van der Waals surface area contributed by atoms with Gasteiger partial charge in [0.1, 0.15) is 0 Å². The molecule has 0 atom stereocenters. The van der Waals surface area contributed by atoms with E-state index in [0.29, 0.717) is 39.3 Å². The molecule has 28 heavy (non-hydrogen) atoms. The van der Waals surface area contributed by atoms with Crippen molar-refractivity contribution >= 4 is 11.9 Å². The second kappa shape index (κ2) is 16.7. The minimum Gasteiger partial charge on any atom is -0.550 e. The summed E-state index contributed by atoms with van der Waals surface area (Å²) in [5.41, 5.74) is 0. The zero-order valence-corrected chi connectivity index (χ0v) is 17.8. The van der Waals surface area contributed by atoms with Crippen LogP contribution in [0.15, 0.2) is 0 Å². The quantitative estimate of drug-likeness (QED) is 0.183. The van der Waals surface area contributed by atoms with Gasteiger partial charge in [-0.05, 0) is 46.0 Å². The van der Waals surface area contributed by atoms with Gasteiger partial charge >= 0.3 is 11.9 Å². The SMILES string of the molecule is CCCCOC(OCCCC)(OC(=O)CCCCC(=O)[O-])C(OCC)OCC. The average Bonchev–Trinajstić information content (AvgIpc) is 2.65. The molecule has 8 nitrogen and oxygen atoms in total. The molecule has 0 heterocycles. The van der Waals surface area contributed by atoms with Crippen LogP contribution in [0, 0.1) is 0 Å². The molecule has 0 aliphatic heterocycles. The van der Waals surface area contributed by atoms with Crippen LogP contribution in [0.1, 0.15) is 79.1 Å². The summed E-state index contributed by atoms with van der Waals surface area (Å²) in [6.07, 6.45) is 2.92. The number of rotatable bonds is 19. The molecule has 0 saturated heterocycles. The van der Waals surface area contributed by atoms with E-state index >= 15 is 0 Å². The summed E-state index contributed by atoms with van der Waals surface area (Å²) in [4.78, 5) is 22.9. The number of carboxylic acids is 1. The van der Waals surface area contributed by atoms with Crippen LogP contribution >= 0.6 is 0 Å². The predicted molar refractivity (Wildman–Crippen MR) is 101 cm³/mol. The van der Waals surface area contributed by atoms with E-state index in [2.05, 4.69) is 0 Å². The molecule has 0 radical (unpaired) electrons. The maximum absolute atomic E-state index is 12.4. The third kappa shape index (κ3) is 11.6. The fourth-order valence-electron chi connectivity index (χ4n) is 2.31. The summed E-state index contributed by atoms with van der Waals surface area (Å²) in [5.74, 6) is -3.49. The zero-order valence-electron chi connectivity index (χ0n) is 17.8. The van der Waals surface area contributed by atoms with E-state index in [1.807, 2.05) is 13.8 Å². The lowest BCUT2D eigenvalue weighted by Crippen LogP contribution is -2.54. The highest BCUT2D eigenvalue weighted by molar-refractivity contribution is 5.70. The predicted octanol–water partition coefficient (Wildman–Crippen LogP) is 2.53. The Morgan fingerprint density at radius 3 is 1.75 bits per heavy atom. The van der Waals surface area contributed by atoms with Crippen molar-refractivity contribution < 1.29 is 38.4 Å². The van der Waals surface area contributed by atoms with Crippen molar-refractivity contribution in [3.8, 4) is 0 Å². The molecule has 0 N–H and O–H groups in total. The molecule has 8 heteroatoms. The van der Waals surface area contributed by atoms with Gasteiger partial charge in [-0.2, -0.15) is 0 Å². The molecule has 0 fully saturated rings. The lowest BCUT2D eigenvalue weighted by atomic mass is 10.2. The van der Waals surface area contributed by atoms with Gasteiger partial charge in [-0.1, -0.05) is 26.7 Å². The number of esters is 1. The maximum atomic E-state index is 12.4. The fourth-order valence-corrected chi connectivity index (χ4v) is 2.31. The number of hydrogen-bond acceptors (Lipinski definition) is 8. The standard InChI is InChI=1S/C20H38O8/c1-5-9-15-26-20(27-16-10-6-2,19(24-7-3)25-8-4)28-18(23)14-12-11-13-17(21)22/h19H,5-16H2,1-4H3,(H,21,22)/p-1. The molecule has 0 spiro atoms. The molecule has 0 aliphatic carbocycles. The van der Waals surface area contributed by atoms with Crippen LogP contribution < -0.4 is 5.11 Å². The highest BCUT2D eigenvalue weighted by Crippen LogP contribution is 2.27. The number of aliphatic carboxylic acids is 1. The first kappa shape index (κ1) is 26.8. The van der Waals surface area contributed by atoms with Crippen molar-refractivity contribution in [1.82, 2.24) is 0 Å². The Bertz CT molecular complexity index is 397. The minimum absolute atomic E-state index is 0.0360. The first-order valence-corrected chi connectivity index (χ1v) is 10.4. The summed E-state index contributed by atoms with van der Waals surface area (Å²) in [5, 5.41) is 10.5. The molecule has 0 aromatic carbocycles. The molecule has 0 amide bonds. The lowest BCUT2D eigenvalue weighted by Gasteiger charge is -2.37. The number of hydrogen-bond donors (Lipinski definition) is 0. The maximum Gasteiger partial charge on any atom is 0.383 e. The number of carboxylic acid groups (broad SMARTS) is 1. The van der Waals surface area contributed by atoms with E-state index in [4.69, 9.17) is 23.7 Å². The lowest BCUT2D eigenvalue weighted by molar-refractivity contribution is -0.441. The normalized spacial score (nSPS) is 11.8. The van der Waals surface area contributed by atoms with Gasteiger partial charge < -0.3 is 33.6 Å². The van der Waals surface area contributed by atoms with Gasteiger partial charge in [-0.25, -0.2) is 0 Å². The van der Waals surface area contributed by atoms with Gasteiger partial charge in [0, 0.05) is 25.6 Å². The van der Waals surface area contributed by atoms with E-state index in [0.717, 1.165) is 25.7 Å². The molecule has 0 bridgehead atoms. The highest BCUT2D eigenvalue weighted by atomic mass is 16.9. The van der Waals surface area contributed by atoms with Crippen molar-refractivity contribution in [1.29, 1.82) is 0 Å². The van der Waals surface area contributed by atoms with Crippen molar-refractivity contribution in [3.63, 3.8) is 0 Å². The molecule has 0 aliphatic rings. The number of ether oxygens (including phenoxy) is 5. The van der Waals surface area contributed by atoms with Gasteiger partial charge in [-0.3, -0.25) is 4.79 Å².